The molecule has 4 nitrogen and oxygen atoms in total. The smallest absolute Gasteiger partial charge is 0.257 e. The highest BCUT2D eigenvalue weighted by Crippen LogP contribution is 2.15. The van der Waals surface area contributed by atoms with E-state index in [4.69, 9.17) is 11.6 Å². The summed E-state index contributed by atoms with van der Waals surface area (Å²) in [7, 11) is 1.86. The van der Waals surface area contributed by atoms with Gasteiger partial charge in [0.15, 0.2) is 0 Å². The number of rotatable bonds is 5. The lowest BCUT2D eigenvalue weighted by Gasteiger charge is -2.20. The van der Waals surface area contributed by atoms with Gasteiger partial charge in [-0.25, -0.2) is 0 Å². The Hall–Kier alpha value is -1.03. The number of carbonyl (C=O) groups excluding carboxylic acids is 1. The molecule has 0 radical (unpaired) electrons. The molecule has 17 heavy (non-hydrogen) atoms. The van der Waals surface area contributed by atoms with E-state index in [1.54, 1.807) is 4.68 Å². The molecule has 0 N–H and O–H groups in total. The number of nitrogens with zero attached hydrogens (tertiary/aromatic N) is 3. The Balaban J connectivity index is 2.93. The summed E-state index contributed by atoms with van der Waals surface area (Å²) in [6.45, 7) is 7.17. The predicted molar refractivity (Wildman–Crippen MR) is 69.6 cm³/mol. The van der Waals surface area contributed by atoms with Crippen molar-refractivity contribution in [2.75, 3.05) is 19.0 Å². The molecule has 0 saturated carbocycles. The number of aromatic nitrogens is 2. The van der Waals surface area contributed by atoms with Gasteiger partial charge in [0.2, 0.25) is 0 Å². The van der Waals surface area contributed by atoms with Crippen LogP contribution in [0.1, 0.15) is 35.1 Å². The molecule has 1 heterocycles. The van der Waals surface area contributed by atoms with Crippen molar-refractivity contribution >= 4 is 17.5 Å². The highest BCUT2D eigenvalue weighted by Gasteiger charge is 2.21. The minimum Gasteiger partial charge on any atom is -0.339 e. The molecule has 0 fully saturated rings. The van der Waals surface area contributed by atoms with Crippen molar-refractivity contribution < 1.29 is 4.79 Å². The zero-order valence-electron chi connectivity index (χ0n) is 11.0. The standard InChI is InChI=1S/C12H20ClN3O/c1-5-16(8-6-7-13)12(17)11-9(2)14-15(4)10(11)3/h5-8H2,1-4H3. The van der Waals surface area contributed by atoms with Crippen LogP contribution in [0.5, 0.6) is 0 Å². The SMILES string of the molecule is CCN(CCCCl)C(=O)c1c(C)nn(C)c1C. The van der Waals surface area contributed by atoms with Gasteiger partial charge in [-0.15, -0.1) is 11.6 Å². The van der Waals surface area contributed by atoms with Crippen molar-refractivity contribution in [1.82, 2.24) is 14.7 Å². The molecule has 0 spiro atoms. The maximum Gasteiger partial charge on any atom is 0.257 e. The Morgan fingerprint density at radius 2 is 2.12 bits per heavy atom. The van der Waals surface area contributed by atoms with Crippen molar-refractivity contribution in [2.45, 2.75) is 27.2 Å². The van der Waals surface area contributed by atoms with Crippen LogP contribution in [0.4, 0.5) is 0 Å². The fourth-order valence-corrected chi connectivity index (χ4v) is 2.01. The van der Waals surface area contributed by atoms with Crippen molar-refractivity contribution in [3.8, 4) is 0 Å². The fourth-order valence-electron chi connectivity index (χ4n) is 1.90. The van der Waals surface area contributed by atoms with Gasteiger partial charge in [0.05, 0.1) is 11.3 Å². The summed E-state index contributed by atoms with van der Waals surface area (Å²) in [5, 5.41) is 4.27. The van der Waals surface area contributed by atoms with E-state index in [0.29, 0.717) is 19.0 Å². The third-order valence-corrected chi connectivity index (χ3v) is 3.22. The number of alkyl halides is 1. The summed E-state index contributed by atoms with van der Waals surface area (Å²) >= 11 is 5.67. The summed E-state index contributed by atoms with van der Waals surface area (Å²) in [6.07, 6.45) is 0.819. The molecule has 0 atom stereocenters. The average Bonchev–Trinajstić information content (AvgIpc) is 2.54. The molecular formula is C12H20ClN3O. The summed E-state index contributed by atoms with van der Waals surface area (Å²) in [4.78, 5) is 14.2. The second-order valence-corrected chi connectivity index (χ2v) is 4.47. The van der Waals surface area contributed by atoms with E-state index in [1.807, 2.05) is 32.7 Å². The third kappa shape index (κ3) is 3.00. The van der Waals surface area contributed by atoms with Crippen LogP contribution in [0.25, 0.3) is 0 Å². The fraction of sp³-hybridized carbons (Fsp3) is 0.667. The number of halogens is 1. The molecule has 0 aromatic carbocycles. The minimum atomic E-state index is 0.0562. The minimum absolute atomic E-state index is 0.0562. The maximum atomic E-state index is 12.4. The molecule has 0 aliphatic rings. The molecule has 1 aromatic heterocycles. The summed E-state index contributed by atoms with van der Waals surface area (Å²) in [5.74, 6) is 0.634. The molecule has 1 aromatic rings. The molecule has 0 saturated heterocycles. The Labute approximate surface area is 108 Å². The number of carbonyl (C=O) groups is 1. The van der Waals surface area contributed by atoms with E-state index in [1.165, 1.54) is 0 Å². The molecular weight excluding hydrogens is 238 g/mol. The second kappa shape index (κ2) is 6.05. The number of aryl methyl sites for hydroxylation is 2. The van der Waals surface area contributed by atoms with Gasteiger partial charge in [0.1, 0.15) is 0 Å². The van der Waals surface area contributed by atoms with Gasteiger partial charge in [-0.1, -0.05) is 0 Å². The van der Waals surface area contributed by atoms with Crippen LogP contribution in [-0.4, -0.2) is 39.6 Å². The monoisotopic (exact) mass is 257 g/mol. The van der Waals surface area contributed by atoms with E-state index >= 15 is 0 Å². The lowest BCUT2D eigenvalue weighted by Crippen LogP contribution is -2.32. The van der Waals surface area contributed by atoms with Gasteiger partial charge in [0, 0.05) is 31.7 Å². The molecule has 0 unspecified atom stereocenters. The Kier molecular flexibility index (Phi) is 5.00. The topological polar surface area (TPSA) is 38.1 Å². The maximum absolute atomic E-state index is 12.4. The molecule has 96 valence electrons. The quantitative estimate of drug-likeness (QED) is 0.758. The predicted octanol–water partition coefficient (Wildman–Crippen LogP) is 2.13. The highest BCUT2D eigenvalue weighted by atomic mass is 35.5. The van der Waals surface area contributed by atoms with Gasteiger partial charge in [0.25, 0.3) is 5.91 Å². The van der Waals surface area contributed by atoms with Crippen molar-refractivity contribution in [1.29, 1.82) is 0 Å². The van der Waals surface area contributed by atoms with Gasteiger partial charge >= 0.3 is 0 Å². The molecule has 1 rings (SSSR count). The van der Waals surface area contributed by atoms with Crippen LogP contribution in [0.3, 0.4) is 0 Å². The summed E-state index contributed by atoms with van der Waals surface area (Å²) in [6, 6.07) is 0. The first-order valence-corrected chi connectivity index (χ1v) is 6.41. The van der Waals surface area contributed by atoms with Crippen LogP contribution in [0, 0.1) is 13.8 Å². The van der Waals surface area contributed by atoms with Crippen LogP contribution in [0.2, 0.25) is 0 Å². The molecule has 5 heteroatoms. The van der Waals surface area contributed by atoms with E-state index in [-0.39, 0.29) is 5.91 Å². The zero-order chi connectivity index (χ0) is 13.0. The van der Waals surface area contributed by atoms with Crippen LogP contribution >= 0.6 is 11.6 Å². The first-order valence-electron chi connectivity index (χ1n) is 5.88. The number of hydrogen-bond donors (Lipinski definition) is 0. The van der Waals surface area contributed by atoms with E-state index in [0.717, 1.165) is 23.4 Å². The first kappa shape index (κ1) is 14.0. The number of hydrogen-bond acceptors (Lipinski definition) is 2. The van der Waals surface area contributed by atoms with Gasteiger partial charge in [-0.05, 0) is 27.2 Å². The Morgan fingerprint density at radius 3 is 2.53 bits per heavy atom. The largest absolute Gasteiger partial charge is 0.339 e. The van der Waals surface area contributed by atoms with E-state index in [2.05, 4.69) is 5.10 Å². The zero-order valence-corrected chi connectivity index (χ0v) is 11.7. The lowest BCUT2D eigenvalue weighted by molar-refractivity contribution is 0.0763. The van der Waals surface area contributed by atoms with E-state index in [9.17, 15) is 4.79 Å². The molecule has 1 amide bonds. The normalized spacial score (nSPS) is 10.6. The third-order valence-electron chi connectivity index (χ3n) is 2.95. The van der Waals surface area contributed by atoms with Crippen molar-refractivity contribution in [3.05, 3.63) is 17.0 Å². The van der Waals surface area contributed by atoms with Crippen LogP contribution < -0.4 is 0 Å². The molecule has 0 bridgehead atoms. The highest BCUT2D eigenvalue weighted by molar-refractivity contribution is 6.17. The molecule has 0 aliphatic carbocycles. The summed E-state index contributed by atoms with van der Waals surface area (Å²) in [5.41, 5.74) is 2.43. The van der Waals surface area contributed by atoms with Gasteiger partial charge < -0.3 is 4.90 Å². The number of amides is 1. The molecule has 0 aliphatic heterocycles. The van der Waals surface area contributed by atoms with Crippen molar-refractivity contribution in [2.24, 2.45) is 7.05 Å². The van der Waals surface area contributed by atoms with Crippen LogP contribution in [0.15, 0.2) is 0 Å². The Morgan fingerprint density at radius 1 is 1.47 bits per heavy atom. The van der Waals surface area contributed by atoms with Crippen molar-refractivity contribution in [3.63, 3.8) is 0 Å². The lowest BCUT2D eigenvalue weighted by atomic mass is 10.1. The summed E-state index contributed by atoms with van der Waals surface area (Å²) < 4.78 is 1.75. The first-order chi connectivity index (χ1) is 8.02. The second-order valence-electron chi connectivity index (χ2n) is 4.10. The average molecular weight is 258 g/mol. The van der Waals surface area contributed by atoms with Crippen LogP contribution in [-0.2, 0) is 7.05 Å². The van der Waals surface area contributed by atoms with Gasteiger partial charge in [-0.2, -0.15) is 5.10 Å². The van der Waals surface area contributed by atoms with E-state index < -0.39 is 0 Å². The Bertz CT molecular complexity index is 401. The van der Waals surface area contributed by atoms with Gasteiger partial charge in [-0.3, -0.25) is 9.48 Å².